The third kappa shape index (κ3) is 3.35. The van der Waals surface area contributed by atoms with Crippen LogP contribution in [0.25, 0.3) is 0 Å². The topological polar surface area (TPSA) is 53.9 Å². The van der Waals surface area contributed by atoms with Gasteiger partial charge in [-0.15, -0.1) is 5.10 Å². The van der Waals surface area contributed by atoms with Crippen molar-refractivity contribution < 1.29 is 0 Å². The van der Waals surface area contributed by atoms with E-state index in [0.717, 1.165) is 18.1 Å². The van der Waals surface area contributed by atoms with Crippen molar-refractivity contribution in [2.75, 3.05) is 16.8 Å². The molecule has 0 radical (unpaired) electrons. The Balaban J connectivity index is 1.82. The van der Waals surface area contributed by atoms with Crippen LogP contribution in [0.1, 0.15) is 38.2 Å². The fraction of sp³-hybridized carbons (Fsp3) is 0.471. The number of rotatable bonds is 5. The molecule has 0 bridgehead atoms. The van der Waals surface area contributed by atoms with Crippen LogP contribution in [0.5, 0.6) is 0 Å². The Morgan fingerprint density at radius 3 is 2.82 bits per heavy atom. The van der Waals surface area contributed by atoms with Crippen molar-refractivity contribution in [3.8, 4) is 0 Å². The molecule has 1 aromatic heterocycles. The molecular formula is C17H23N5. The van der Waals surface area contributed by atoms with Gasteiger partial charge in [0.05, 0.1) is 6.20 Å². The SMILES string of the molecule is CCN(c1cccc(C)c1)c1cnnc(NC2CCCC2)n1. The largest absolute Gasteiger partial charge is 0.350 e. The van der Waals surface area contributed by atoms with Gasteiger partial charge in [0, 0.05) is 18.3 Å². The molecule has 0 atom stereocenters. The molecule has 2 aromatic rings. The molecule has 1 aliphatic carbocycles. The standard InChI is InChI=1S/C17H23N5/c1-3-22(15-10-6-7-13(2)11-15)16-12-18-21-17(20-16)19-14-8-4-5-9-14/h6-7,10-12,14H,3-5,8-9H2,1-2H3,(H,19,20,21). The average molecular weight is 297 g/mol. The predicted molar refractivity (Wildman–Crippen MR) is 89.6 cm³/mol. The second-order valence-electron chi connectivity index (χ2n) is 5.85. The van der Waals surface area contributed by atoms with Gasteiger partial charge < -0.3 is 10.2 Å². The smallest absolute Gasteiger partial charge is 0.244 e. The molecule has 0 aliphatic heterocycles. The Morgan fingerprint density at radius 2 is 2.09 bits per heavy atom. The molecule has 22 heavy (non-hydrogen) atoms. The molecule has 0 unspecified atom stereocenters. The molecule has 1 fully saturated rings. The maximum Gasteiger partial charge on any atom is 0.244 e. The first-order valence-corrected chi connectivity index (χ1v) is 8.06. The number of nitrogens with one attached hydrogen (secondary N) is 1. The summed E-state index contributed by atoms with van der Waals surface area (Å²) in [4.78, 5) is 6.81. The number of anilines is 3. The summed E-state index contributed by atoms with van der Waals surface area (Å²) >= 11 is 0. The number of aryl methyl sites for hydroxylation is 1. The lowest BCUT2D eigenvalue weighted by Gasteiger charge is -2.22. The van der Waals surface area contributed by atoms with E-state index in [1.165, 1.54) is 31.2 Å². The number of nitrogens with zero attached hydrogens (tertiary/aromatic N) is 4. The first-order chi connectivity index (χ1) is 10.8. The maximum absolute atomic E-state index is 4.65. The van der Waals surface area contributed by atoms with E-state index >= 15 is 0 Å². The van der Waals surface area contributed by atoms with Gasteiger partial charge in [-0.3, -0.25) is 0 Å². The zero-order valence-corrected chi connectivity index (χ0v) is 13.3. The van der Waals surface area contributed by atoms with Crippen molar-refractivity contribution in [3.05, 3.63) is 36.0 Å². The van der Waals surface area contributed by atoms with Crippen molar-refractivity contribution >= 4 is 17.5 Å². The summed E-state index contributed by atoms with van der Waals surface area (Å²) < 4.78 is 0. The van der Waals surface area contributed by atoms with E-state index in [9.17, 15) is 0 Å². The molecule has 1 aromatic carbocycles. The summed E-state index contributed by atoms with van der Waals surface area (Å²) in [7, 11) is 0. The molecule has 0 spiro atoms. The summed E-state index contributed by atoms with van der Waals surface area (Å²) in [5.74, 6) is 1.47. The van der Waals surface area contributed by atoms with Gasteiger partial charge in [-0.05, 0) is 44.4 Å². The van der Waals surface area contributed by atoms with Crippen LogP contribution in [0.4, 0.5) is 17.5 Å². The molecule has 1 saturated carbocycles. The van der Waals surface area contributed by atoms with Gasteiger partial charge in [-0.2, -0.15) is 10.1 Å². The Morgan fingerprint density at radius 1 is 1.27 bits per heavy atom. The molecule has 1 aliphatic rings. The van der Waals surface area contributed by atoms with Crippen LogP contribution in [0.2, 0.25) is 0 Å². The first kappa shape index (κ1) is 14.8. The van der Waals surface area contributed by atoms with E-state index in [-0.39, 0.29) is 0 Å². The highest BCUT2D eigenvalue weighted by Crippen LogP contribution is 2.25. The minimum atomic E-state index is 0.492. The molecule has 0 amide bonds. The van der Waals surface area contributed by atoms with Gasteiger partial charge in [0.2, 0.25) is 5.95 Å². The van der Waals surface area contributed by atoms with Crippen LogP contribution in [-0.2, 0) is 0 Å². The molecule has 1 heterocycles. The summed E-state index contributed by atoms with van der Waals surface area (Å²) in [6.07, 6.45) is 6.70. The zero-order chi connectivity index (χ0) is 15.4. The van der Waals surface area contributed by atoms with Crippen molar-refractivity contribution in [3.63, 3.8) is 0 Å². The number of aromatic nitrogens is 3. The summed E-state index contributed by atoms with van der Waals surface area (Å²) in [5.41, 5.74) is 2.37. The summed E-state index contributed by atoms with van der Waals surface area (Å²) in [6.45, 7) is 5.06. The highest BCUT2D eigenvalue weighted by molar-refractivity contribution is 5.60. The quantitative estimate of drug-likeness (QED) is 0.912. The minimum Gasteiger partial charge on any atom is -0.350 e. The number of hydrogen-bond donors (Lipinski definition) is 1. The van der Waals surface area contributed by atoms with Crippen LogP contribution in [0, 0.1) is 6.92 Å². The van der Waals surface area contributed by atoms with Crippen LogP contribution in [-0.4, -0.2) is 27.8 Å². The van der Waals surface area contributed by atoms with Crippen LogP contribution >= 0.6 is 0 Å². The molecule has 3 rings (SSSR count). The van der Waals surface area contributed by atoms with Gasteiger partial charge >= 0.3 is 0 Å². The van der Waals surface area contributed by atoms with Gasteiger partial charge in [-0.1, -0.05) is 25.0 Å². The predicted octanol–water partition coefficient (Wildman–Crippen LogP) is 3.69. The van der Waals surface area contributed by atoms with E-state index in [1.54, 1.807) is 6.20 Å². The molecule has 116 valence electrons. The summed E-state index contributed by atoms with van der Waals surface area (Å²) in [5, 5.41) is 11.7. The maximum atomic E-state index is 4.65. The monoisotopic (exact) mass is 297 g/mol. The highest BCUT2D eigenvalue weighted by atomic mass is 15.3. The molecule has 5 heteroatoms. The molecule has 5 nitrogen and oxygen atoms in total. The lowest BCUT2D eigenvalue weighted by molar-refractivity contribution is 0.736. The summed E-state index contributed by atoms with van der Waals surface area (Å²) in [6, 6.07) is 8.92. The third-order valence-corrected chi connectivity index (χ3v) is 4.14. The second-order valence-corrected chi connectivity index (χ2v) is 5.85. The minimum absolute atomic E-state index is 0.492. The zero-order valence-electron chi connectivity index (χ0n) is 13.3. The van der Waals surface area contributed by atoms with Crippen molar-refractivity contribution in [1.82, 2.24) is 15.2 Å². The van der Waals surface area contributed by atoms with Crippen molar-refractivity contribution in [1.29, 1.82) is 0 Å². The van der Waals surface area contributed by atoms with Crippen LogP contribution < -0.4 is 10.2 Å². The Bertz CT molecular complexity index is 622. The van der Waals surface area contributed by atoms with Crippen LogP contribution in [0.3, 0.4) is 0 Å². The van der Waals surface area contributed by atoms with Gasteiger partial charge in [0.15, 0.2) is 5.82 Å². The molecule has 0 saturated heterocycles. The Hall–Kier alpha value is -2.17. The lowest BCUT2D eigenvalue weighted by atomic mass is 10.2. The van der Waals surface area contributed by atoms with E-state index in [4.69, 9.17) is 0 Å². The molecular weight excluding hydrogens is 274 g/mol. The van der Waals surface area contributed by atoms with E-state index < -0.39 is 0 Å². The van der Waals surface area contributed by atoms with Gasteiger partial charge in [0.25, 0.3) is 0 Å². The molecule has 1 N–H and O–H groups in total. The first-order valence-electron chi connectivity index (χ1n) is 8.06. The number of benzene rings is 1. The van der Waals surface area contributed by atoms with E-state index in [1.807, 2.05) is 0 Å². The van der Waals surface area contributed by atoms with Crippen molar-refractivity contribution in [2.45, 2.75) is 45.6 Å². The normalized spacial score (nSPS) is 15.0. The lowest BCUT2D eigenvalue weighted by Crippen LogP contribution is -2.21. The van der Waals surface area contributed by atoms with Gasteiger partial charge in [-0.25, -0.2) is 0 Å². The second kappa shape index (κ2) is 6.73. The van der Waals surface area contributed by atoms with Gasteiger partial charge in [0.1, 0.15) is 0 Å². The average Bonchev–Trinajstić information content (AvgIpc) is 3.01. The Labute approximate surface area is 131 Å². The van der Waals surface area contributed by atoms with E-state index in [0.29, 0.717) is 12.0 Å². The van der Waals surface area contributed by atoms with Crippen LogP contribution in [0.15, 0.2) is 30.5 Å². The third-order valence-electron chi connectivity index (χ3n) is 4.14. The fourth-order valence-electron chi connectivity index (χ4n) is 3.01. The number of hydrogen-bond acceptors (Lipinski definition) is 5. The fourth-order valence-corrected chi connectivity index (χ4v) is 3.01. The van der Waals surface area contributed by atoms with Crippen molar-refractivity contribution in [2.24, 2.45) is 0 Å². The Kier molecular flexibility index (Phi) is 4.51. The highest BCUT2D eigenvalue weighted by Gasteiger charge is 2.17. The van der Waals surface area contributed by atoms with E-state index in [2.05, 4.69) is 63.5 Å².